The first-order valence-corrected chi connectivity index (χ1v) is 7.08. The maximum atomic E-state index is 12.6. The number of carboxylic acids is 1. The summed E-state index contributed by atoms with van der Waals surface area (Å²) in [5, 5.41) is 11.9. The maximum Gasteiger partial charge on any atom is 0.323 e. The number of methoxy groups -OCH3 is 1. The van der Waals surface area contributed by atoms with Crippen molar-refractivity contribution in [2.45, 2.75) is 6.04 Å². The van der Waals surface area contributed by atoms with Gasteiger partial charge in [-0.2, -0.15) is 0 Å². The summed E-state index contributed by atoms with van der Waals surface area (Å²) in [5.41, 5.74) is 0.879. The standard InChI is InChI=1S/C15H19N3O5/c1-16-10-7-17(13(19)9-23-2)11-5-3-4-6-12(11)18(15(10)22)8-14(20)21/h3-6,10,16H,7-9H2,1-2H3,(H,20,21)/t10-/m0/s1. The number of likely N-dealkylation sites (N-methyl/N-ethyl adjacent to an activating group) is 1. The number of hydrogen-bond acceptors (Lipinski definition) is 5. The van der Waals surface area contributed by atoms with Crippen molar-refractivity contribution < 1.29 is 24.2 Å². The fraction of sp³-hybridized carbons (Fsp3) is 0.400. The van der Waals surface area contributed by atoms with E-state index in [0.717, 1.165) is 0 Å². The fourth-order valence-electron chi connectivity index (χ4n) is 2.54. The van der Waals surface area contributed by atoms with Crippen LogP contribution in [0.5, 0.6) is 0 Å². The maximum absolute atomic E-state index is 12.6. The number of para-hydroxylation sites is 2. The third kappa shape index (κ3) is 3.49. The van der Waals surface area contributed by atoms with Gasteiger partial charge in [0.05, 0.1) is 17.9 Å². The lowest BCUT2D eigenvalue weighted by molar-refractivity contribution is -0.136. The quantitative estimate of drug-likeness (QED) is 0.771. The van der Waals surface area contributed by atoms with Crippen LogP contribution in [-0.4, -0.2) is 62.8 Å². The Balaban J connectivity index is 2.53. The van der Waals surface area contributed by atoms with Gasteiger partial charge in [-0.05, 0) is 19.2 Å². The monoisotopic (exact) mass is 321 g/mol. The fourth-order valence-corrected chi connectivity index (χ4v) is 2.54. The van der Waals surface area contributed by atoms with Crippen LogP contribution in [0.1, 0.15) is 0 Å². The van der Waals surface area contributed by atoms with E-state index in [1.165, 1.54) is 16.9 Å². The number of nitrogens with one attached hydrogen (secondary N) is 1. The molecule has 0 spiro atoms. The highest BCUT2D eigenvalue weighted by molar-refractivity contribution is 6.08. The van der Waals surface area contributed by atoms with E-state index in [2.05, 4.69) is 5.32 Å². The van der Waals surface area contributed by atoms with Crippen molar-refractivity contribution in [1.82, 2.24) is 5.32 Å². The molecule has 0 fully saturated rings. The van der Waals surface area contributed by atoms with E-state index in [1.807, 2.05) is 0 Å². The Hall–Kier alpha value is -2.45. The molecule has 0 radical (unpaired) electrons. The van der Waals surface area contributed by atoms with E-state index >= 15 is 0 Å². The van der Waals surface area contributed by atoms with Crippen molar-refractivity contribution in [3.8, 4) is 0 Å². The van der Waals surface area contributed by atoms with Gasteiger partial charge in [-0.25, -0.2) is 0 Å². The molecule has 0 saturated carbocycles. The van der Waals surface area contributed by atoms with Gasteiger partial charge in [0.2, 0.25) is 5.91 Å². The molecule has 0 saturated heterocycles. The number of fused-ring (bicyclic) bond motifs is 1. The molecule has 0 aromatic heterocycles. The van der Waals surface area contributed by atoms with Crippen molar-refractivity contribution in [2.24, 2.45) is 0 Å². The van der Waals surface area contributed by atoms with Crippen molar-refractivity contribution in [3.63, 3.8) is 0 Å². The minimum Gasteiger partial charge on any atom is -0.480 e. The second-order valence-corrected chi connectivity index (χ2v) is 5.09. The number of carbonyl (C=O) groups excluding carboxylic acids is 2. The van der Waals surface area contributed by atoms with Gasteiger partial charge in [-0.1, -0.05) is 12.1 Å². The average molecular weight is 321 g/mol. The van der Waals surface area contributed by atoms with Crippen molar-refractivity contribution in [1.29, 1.82) is 0 Å². The molecule has 1 aliphatic heterocycles. The number of benzene rings is 1. The second kappa shape index (κ2) is 7.21. The number of hydrogen-bond donors (Lipinski definition) is 2. The van der Waals surface area contributed by atoms with Crippen LogP contribution >= 0.6 is 0 Å². The molecule has 1 aliphatic rings. The molecular formula is C15H19N3O5. The number of nitrogens with zero attached hydrogens (tertiary/aromatic N) is 2. The average Bonchev–Trinajstić information content (AvgIpc) is 2.64. The number of rotatable bonds is 5. The zero-order valence-electron chi connectivity index (χ0n) is 13.0. The topological polar surface area (TPSA) is 99.2 Å². The highest BCUT2D eigenvalue weighted by Gasteiger charge is 2.35. The van der Waals surface area contributed by atoms with Crippen LogP contribution in [0.4, 0.5) is 11.4 Å². The van der Waals surface area contributed by atoms with Gasteiger partial charge < -0.3 is 20.1 Å². The summed E-state index contributed by atoms with van der Waals surface area (Å²) in [6.45, 7) is -0.497. The van der Waals surface area contributed by atoms with Crippen LogP contribution in [0.25, 0.3) is 0 Å². The van der Waals surface area contributed by atoms with E-state index in [4.69, 9.17) is 9.84 Å². The summed E-state index contributed by atoms with van der Waals surface area (Å²) in [6, 6.07) is 6.03. The molecule has 0 bridgehead atoms. The van der Waals surface area contributed by atoms with Crippen molar-refractivity contribution in [3.05, 3.63) is 24.3 Å². The summed E-state index contributed by atoms with van der Waals surface area (Å²) >= 11 is 0. The van der Waals surface area contributed by atoms with Gasteiger partial charge in [0.25, 0.3) is 5.91 Å². The minimum atomic E-state index is -1.13. The van der Waals surface area contributed by atoms with Crippen LogP contribution in [-0.2, 0) is 19.1 Å². The molecule has 1 aromatic rings. The Bertz CT molecular complexity index is 619. The summed E-state index contributed by atoms with van der Waals surface area (Å²) in [7, 11) is 3.01. The van der Waals surface area contributed by atoms with Crippen LogP contribution in [0.2, 0.25) is 0 Å². The summed E-state index contributed by atoms with van der Waals surface area (Å²) in [5.74, 6) is -1.82. The largest absolute Gasteiger partial charge is 0.480 e. The molecule has 0 aliphatic carbocycles. The summed E-state index contributed by atoms with van der Waals surface area (Å²) < 4.78 is 4.90. The first kappa shape index (κ1) is 16.9. The van der Waals surface area contributed by atoms with Gasteiger partial charge in [0.15, 0.2) is 0 Å². The Kier molecular flexibility index (Phi) is 5.30. The molecule has 1 atom stereocenters. The Labute approximate surface area is 133 Å². The molecule has 23 heavy (non-hydrogen) atoms. The van der Waals surface area contributed by atoms with E-state index in [-0.39, 0.29) is 19.1 Å². The molecule has 8 heteroatoms. The molecule has 0 unspecified atom stereocenters. The third-order valence-electron chi connectivity index (χ3n) is 3.60. The smallest absolute Gasteiger partial charge is 0.323 e. The molecule has 8 nitrogen and oxygen atoms in total. The molecular weight excluding hydrogens is 302 g/mol. The molecule has 1 heterocycles. The SMILES string of the molecule is CN[C@H]1CN(C(=O)COC)c2ccccc2N(CC(=O)O)C1=O. The predicted octanol–water partition coefficient (Wildman–Crippen LogP) is -0.315. The van der Waals surface area contributed by atoms with Gasteiger partial charge in [-0.3, -0.25) is 19.3 Å². The lowest BCUT2D eigenvalue weighted by atomic mass is 10.2. The predicted molar refractivity (Wildman–Crippen MR) is 83.5 cm³/mol. The van der Waals surface area contributed by atoms with Crippen LogP contribution in [0.3, 0.4) is 0 Å². The van der Waals surface area contributed by atoms with Gasteiger partial charge in [-0.15, -0.1) is 0 Å². The molecule has 2 N–H and O–H groups in total. The summed E-state index contributed by atoms with van der Waals surface area (Å²) in [6.07, 6.45) is 0. The number of carboxylic acid groups (broad SMARTS) is 1. The number of ether oxygens (including phenoxy) is 1. The highest BCUT2D eigenvalue weighted by Crippen LogP contribution is 2.32. The second-order valence-electron chi connectivity index (χ2n) is 5.09. The lowest BCUT2D eigenvalue weighted by Gasteiger charge is -2.24. The lowest BCUT2D eigenvalue weighted by Crippen LogP contribution is -2.51. The van der Waals surface area contributed by atoms with Crippen LogP contribution in [0, 0.1) is 0 Å². The van der Waals surface area contributed by atoms with Crippen molar-refractivity contribution in [2.75, 3.05) is 43.7 Å². The third-order valence-corrected chi connectivity index (χ3v) is 3.60. The van der Waals surface area contributed by atoms with Crippen LogP contribution < -0.4 is 15.1 Å². The summed E-state index contributed by atoms with van der Waals surface area (Å²) in [4.78, 5) is 38.7. The highest BCUT2D eigenvalue weighted by atomic mass is 16.5. The van der Waals surface area contributed by atoms with E-state index in [9.17, 15) is 14.4 Å². The van der Waals surface area contributed by atoms with E-state index in [0.29, 0.717) is 11.4 Å². The Morgan fingerprint density at radius 1 is 1.35 bits per heavy atom. The normalized spacial score (nSPS) is 17.7. The number of carbonyl (C=O) groups is 3. The molecule has 124 valence electrons. The van der Waals surface area contributed by atoms with E-state index in [1.54, 1.807) is 31.3 Å². The number of aliphatic carboxylic acids is 1. The Morgan fingerprint density at radius 2 is 2.00 bits per heavy atom. The minimum absolute atomic E-state index is 0.102. The first-order chi connectivity index (χ1) is 11.0. The zero-order chi connectivity index (χ0) is 17.0. The Morgan fingerprint density at radius 3 is 2.57 bits per heavy atom. The number of anilines is 2. The van der Waals surface area contributed by atoms with E-state index < -0.39 is 24.5 Å². The number of amides is 2. The molecule has 2 rings (SSSR count). The first-order valence-electron chi connectivity index (χ1n) is 7.08. The van der Waals surface area contributed by atoms with Gasteiger partial charge >= 0.3 is 5.97 Å². The zero-order valence-corrected chi connectivity index (χ0v) is 13.0. The van der Waals surface area contributed by atoms with Crippen LogP contribution in [0.15, 0.2) is 24.3 Å². The van der Waals surface area contributed by atoms with Gasteiger partial charge in [0.1, 0.15) is 19.2 Å². The van der Waals surface area contributed by atoms with Crippen molar-refractivity contribution >= 4 is 29.2 Å². The molecule has 1 aromatic carbocycles. The van der Waals surface area contributed by atoms with Gasteiger partial charge in [0, 0.05) is 7.11 Å². The molecule has 2 amide bonds.